The van der Waals surface area contributed by atoms with Crippen LogP contribution in [0.15, 0.2) is 18.2 Å². The van der Waals surface area contributed by atoms with Crippen molar-refractivity contribution in [2.24, 2.45) is 0 Å². The summed E-state index contributed by atoms with van der Waals surface area (Å²) < 4.78 is 0. The fourth-order valence-corrected chi connectivity index (χ4v) is 3.50. The van der Waals surface area contributed by atoms with Crippen LogP contribution in [-0.4, -0.2) is 29.6 Å². The maximum atomic E-state index is 3.57. The first-order chi connectivity index (χ1) is 9.35. The van der Waals surface area contributed by atoms with Crippen LogP contribution in [0.4, 0.5) is 5.69 Å². The Labute approximate surface area is 128 Å². The van der Waals surface area contributed by atoms with Crippen LogP contribution >= 0.6 is 11.8 Å². The summed E-state index contributed by atoms with van der Waals surface area (Å²) in [6.07, 6.45) is 0. The molecule has 0 spiro atoms. The van der Waals surface area contributed by atoms with Crippen LogP contribution in [-0.2, 0) is 6.54 Å². The van der Waals surface area contributed by atoms with Gasteiger partial charge in [-0.2, -0.15) is 11.8 Å². The Morgan fingerprint density at radius 3 is 2.70 bits per heavy atom. The molecule has 1 aliphatic rings. The molecular formula is C17H28N2S. The number of hydrogen-bond donors (Lipinski definition) is 1. The molecule has 1 fully saturated rings. The zero-order chi connectivity index (χ0) is 14.8. The lowest BCUT2D eigenvalue weighted by Crippen LogP contribution is -2.37. The minimum absolute atomic E-state index is 0.171. The van der Waals surface area contributed by atoms with Gasteiger partial charge >= 0.3 is 0 Å². The average Bonchev–Trinajstić information content (AvgIpc) is 2.36. The number of benzene rings is 1. The van der Waals surface area contributed by atoms with Gasteiger partial charge in [-0.05, 0) is 51.0 Å². The molecule has 0 radical (unpaired) electrons. The quantitative estimate of drug-likeness (QED) is 0.911. The van der Waals surface area contributed by atoms with E-state index in [-0.39, 0.29) is 5.54 Å². The molecule has 1 aliphatic heterocycles. The summed E-state index contributed by atoms with van der Waals surface area (Å²) in [5.74, 6) is 1.24. The van der Waals surface area contributed by atoms with Gasteiger partial charge < -0.3 is 10.2 Å². The third-order valence-electron chi connectivity index (χ3n) is 3.74. The van der Waals surface area contributed by atoms with E-state index in [2.05, 4.69) is 74.8 Å². The number of thioether (sulfide) groups is 1. The summed E-state index contributed by atoms with van der Waals surface area (Å²) in [7, 11) is 0. The molecule has 0 bridgehead atoms. The molecule has 20 heavy (non-hydrogen) atoms. The minimum Gasteiger partial charge on any atom is -0.370 e. The average molecular weight is 292 g/mol. The summed E-state index contributed by atoms with van der Waals surface area (Å²) in [6.45, 7) is 14.5. The molecule has 0 saturated carbocycles. The van der Waals surface area contributed by atoms with Crippen molar-refractivity contribution in [3.8, 4) is 0 Å². The molecule has 2 rings (SSSR count). The van der Waals surface area contributed by atoms with Gasteiger partial charge in [-0.15, -0.1) is 0 Å². The minimum atomic E-state index is 0.171. The van der Waals surface area contributed by atoms with E-state index in [1.807, 2.05) is 0 Å². The normalized spacial score (nSPS) is 20.2. The first kappa shape index (κ1) is 15.7. The zero-order valence-corrected chi connectivity index (χ0v) is 14.3. The molecule has 1 heterocycles. The van der Waals surface area contributed by atoms with E-state index in [0.29, 0.717) is 0 Å². The molecule has 1 aromatic rings. The van der Waals surface area contributed by atoms with Gasteiger partial charge in [0.2, 0.25) is 0 Å². The van der Waals surface area contributed by atoms with E-state index in [1.54, 1.807) is 0 Å². The summed E-state index contributed by atoms with van der Waals surface area (Å²) in [5.41, 5.74) is 4.35. The highest BCUT2D eigenvalue weighted by molar-refractivity contribution is 8.00. The van der Waals surface area contributed by atoms with Gasteiger partial charge in [0.25, 0.3) is 0 Å². The predicted molar refractivity (Wildman–Crippen MR) is 91.9 cm³/mol. The van der Waals surface area contributed by atoms with Gasteiger partial charge in [0.1, 0.15) is 0 Å². The maximum Gasteiger partial charge on any atom is 0.0369 e. The highest BCUT2D eigenvalue weighted by Gasteiger charge is 2.17. The highest BCUT2D eigenvalue weighted by Crippen LogP contribution is 2.25. The number of nitrogens with zero attached hydrogens (tertiary/aromatic N) is 1. The first-order valence-electron chi connectivity index (χ1n) is 7.56. The molecule has 1 unspecified atom stereocenters. The highest BCUT2D eigenvalue weighted by atomic mass is 32.2. The maximum absolute atomic E-state index is 3.57. The van der Waals surface area contributed by atoms with Crippen LogP contribution in [0.2, 0.25) is 0 Å². The summed E-state index contributed by atoms with van der Waals surface area (Å²) in [6, 6.07) is 6.92. The fourth-order valence-electron chi connectivity index (χ4n) is 2.49. The van der Waals surface area contributed by atoms with Gasteiger partial charge in [-0.3, -0.25) is 0 Å². The zero-order valence-electron chi connectivity index (χ0n) is 13.5. The van der Waals surface area contributed by atoms with Gasteiger partial charge in [0.15, 0.2) is 0 Å². The molecule has 0 aliphatic carbocycles. The van der Waals surface area contributed by atoms with E-state index in [0.717, 1.165) is 11.8 Å². The summed E-state index contributed by atoms with van der Waals surface area (Å²) in [4.78, 5) is 2.52. The largest absolute Gasteiger partial charge is 0.370 e. The number of aryl methyl sites for hydroxylation is 1. The van der Waals surface area contributed by atoms with Crippen molar-refractivity contribution in [1.82, 2.24) is 5.32 Å². The third kappa shape index (κ3) is 4.42. The molecular weight excluding hydrogens is 264 g/mol. The van der Waals surface area contributed by atoms with Crippen molar-refractivity contribution in [3.05, 3.63) is 29.3 Å². The van der Waals surface area contributed by atoms with E-state index >= 15 is 0 Å². The van der Waals surface area contributed by atoms with Gasteiger partial charge in [0.05, 0.1) is 0 Å². The van der Waals surface area contributed by atoms with Crippen molar-refractivity contribution in [2.45, 2.75) is 52.0 Å². The van der Waals surface area contributed by atoms with Crippen molar-refractivity contribution < 1.29 is 0 Å². The number of anilines is 1. The van der Waals surface area contributed by atoms with E-state index < -0.39 is 0 Å². The van der Waals surface area contributed by atoms with Crippen LogP contribution in [0.5, 0.6) is 0 Å². The Bertz CT molecular complexity index is 451. The van der Waals surface area contributed by atoms with Gasteiger partial charge in [0, 0.05) is 41.9 Å². The molecule has 2 nitrogen and oxygen atoms in total. The summed E-state index contributed by atoms with van der Waals surface area (Å²) >= 11 is 2.08. The van der Waals surface area contributed by atoms with Crippen LogP contribution in [0, 0.1) is 6.92 Å². The Morgan fingerprint density at radius 1 is 1.35 bits per heavy atom. The van der Waals surface area contributed by atoms with Crippen LogP contribution in [0.1, 0.15) is 38.8 Å². The summed E-state index contributed by atoms with van der Waals surface area (Å²) in [5, 5.41) is 4.31. The SMILES string of the molecule is Cc1cc(N2CCSC(C)C2)ccc1CNC(C)(C)C. The van der Waals surface area contributed by atoms with Crippen LogP contribution in [0.3, 0.4) is 0 Å². The molecule has 1 aromatic carbocycles. The first-order valence-corrected chi connectivity index (χ1v) is 8.61. The topological polar surface area (TPSA) is 15.3 Å². The molecule has 3 heteroatoms. The van der Waals surface area contributed by atoms with Crippen LogP contribution in [0.25, 0.3) is 0 Å². The van der Waals surface area contributed by atoms with Crippen molar-refractivity contribution in [1.29, 1.82) is 0 Å². The van der Waals surface area contributed by atoms with Gasteiger partial charge in [-0.1, -0.05) is 13.0 Å². The molecule has 0 aromatic heterocycles. The lowest BCUT2D eigenvalue weighted by Gasteiger charge is -2.33. The second kappa shape index (κ2) is 6.40. The second-order valence-electron chi connectivity index (χ2n) is 6.84. The molecule has 1 N–H and O–H groups in total. The third-order valence-corrected chi connectivity index (χ3v) is 4.88. The smallest absolute Gasteiger partial charge is 0.0369 e. The Morgan fingerprint density at radius 2 is 2.10 bits per heavy atom. The predicted octanol–water partition coefficient (Wildman–Crippen LogP) is 3.82. The van der Waals surface area contributed by atoms with Crippen LogP contribution < -0.4 is 10.2 Å². The Hall–Kier alpha value is -0.670. The second-order valence-corrected chi connectivity index (χ2v) is 8.39. The molecule has 1 saturated heterocycles. The lowest BCUT2D eigenvalue weighted by atomic mass is 10.0. The number of nitrogens with one attached hydrogen (secondary N) is 1. The van der Waals surface area contributed by atoms with Crippen molar-refractivity contribution in [3.63, 3.8) is 0 Å². The number of hydrogen-bond acceptors (Lipinski definition) is 3. The van der Waals surface area contributed by atoms with Crippen molar-refractivity contribution in [2.75, 3.05) is 23.7 Å². The van der Waals surface area contributed by atoms with E-state index in [9.17, 15) is 0 Å². The molecule has 0 amide bonds. The van der Waals surface area contributed by atoms with E-state index in [1.165, 1.54) is 35.7 Å². The Balaban J connectivity index is 2.05. The standard InChI is InChI=1S/C17H28N2S/c1-13-10-16(19-8-9-20-14(2)12-19)7-6-15(13)11-18-17(3,4)5/h6-7,10,14,18H,8-9,11-12H2,1-5H3. The molecule has 112 valence electrons. The van der Waals surface area contributed by atoms with Gasteiger partial charge in [-0.25, -0.2) is 0 Å². The monoisotopic (exact) mass is 292 g/mol. The van der Waals surface area contributed by atoms with Crippen molar-refractivity contribution >= 4 is 17.4 Å². The number of rotatable bonds is 3. The Kier molecular flexibility index (Phi) is 5.03. The lowest BCUT2D eigenvalue weighted by molar-refractivity contribution is 0.424. The van der Waals surface area contributed by atoms with E-state index in [4.69, 9.17) is 0 Å². The molecule has 1 atom stereocenters. The fraction of sp³-hybridized carbons (Fsp3) is 0.647.